The number of fused-ring (bicyclic) bond motifs is 1. The summed E-state index contributed by atoms with van der Waals surface area (Å²) in [5, 5.41) is 0.900. The van der Waals surface area contributed by atoms with E-state index in [1.54, 1.807) is 19.2 Å². The van der Waals surface area contributed by atoms with E-state index >= 15 is 0 Å². The van der Waals surface area contributed by atoms with Crippen LogP contribution < -0.4 is 10.4 Å². The molecule has 1 fully saturated rings. The average molecular weight is 288 g/mol. The summed E-state index contributed by atoms with van der Waals surface area (Å²) in [5.74, 6) is 1.21. The fourth-order valence-corrected chi connectivity index (χ4v) is 2.72. The predicted octanol–water partition coefficient (Wildman–Crippen LogP) is 3.16. The van der Waals surface area contributed by atoms with Crippen LogP contribution in [0.2, 0.25) is 0 Å². The summed E-state index contributed by atoms with van der Waals surface area (Å²) >= 11 is 0. The summed E-state index contributed by atoms with van der Waals surface area (Å²) < 4.78 is 16.5. The molecule has 0 spiro atoms. The monoisotopic (exact) mass is 288 g/mol. The smallest absolute Gasteiger partial charge is 0.336 e. The average Bonchev–Trinajstić information content (AvgIpc) is 3.10. The summed E-state index contributed by atoms with van der Waals surface area (Å²) in [6.07, 6.45) is 1.01. The quantitative estimate of drug-likeness (QED) is 0.640. The van der Waals surface area contributed by atoms with Crippen molar-refractivity contribution in [2.24, 2.45) is 5.92 Å². The maximum atomic E-state index is 11.3. The third-order valence-corrected chi connectivity index (χ3v) is 4.55. The standard InChI is InChI=1S/C17H20O4/c1-10(2)17(3)15(21-17)8-12-7-11-5-6-16(18)20-14(11)9-13(12)19-4/h5-7,9-10,15H,8H2,1-4H3. The zero-order valence-corrected chi connectivity index (χ0v) is 12.8. The van der Waals surface area contributed by atoms with Crippen LogP contribution >= 0.6 is 0 Å². The molecule has 0 aliphatic carbocycles. The molecule has 2 aromatic rings. The molecular formula is C17H20O4. The molecule has 2 heterocycles. The van der Waals surface area contributed by atoms with Gasteiger partial charge in [-0.1, -0.05) is 13.8 Å². The first-order chi connectivity index (χ1) is 9.94. The van der Waals surface area contributed by atoms with Gasteiger partial charge in [0.15, 0.2) is 0 Å². The molecule has 0 saturated carbocycles. The lowest BCUT2D eigenvalue weighted by atomic mass is 9.91. The largest absolute Gasteiger partial charge is 0.496 e. The molecule has 0 bridgehead atoms. The molecule has 2 unspecified atom stereocenters. The van der Waals surface area contributed by atoms with E-state index in [2.05, 4.69) is 20.8 Å². The molecule has 1 aliphatic rings. The molecule has 21 heavy (non-hydrogen) atoms. The third-order valence-electron chi connectivity index (χ3n) is 4.55. The minimum Gasteiger partial charge on any atom is -0.496 e. The second-order valence-corrected chi connectivity index (χ2v) is 6.11. The number of rotatable bonds is 4. The molecule has 4 heteroatoms. The molecule has 4 nitrogen and oxygen atoms in total. The lowest BCUT2D eigenvalue weighted by Gasteiger charge is -2.12. The van der Waals surface area contributed by atoms with Crippen LogP contribution in [0, 0.1) is 5.92 Å². The van der Waals surface area contributed by atoms with Crippen molar-refractivity contribution in [1.82, 2.24) is 0 Å². The van der Waals surface area contributed by atoms with Gasteiger partial charge in [-0.05, 0) is 30.5 Å². The molecule has 0 radical (unpaired) electrons. The summed E-state index contributed by atoms with van der Waals surface area (Å²) in [6.45, 7) is 6.49. The number of methoxy groups -OCH3 is 1. The highest BCUT2D eigenvalue weighted by molar-refractivity contribution is 5.79. The molecular weight excluding hydrogens is 268 g/mol. The first-order valence-corrected chi connectivity index (χ1v) is 7.22. The Kier molecular flexibility index (Phi) is 3.29. The fourth-order valence-electron chi connectivity index (χ4n) is 2.72. The Morgan fingerprint density at radius 2 is 2.10 bits per heavy atom. The van der Waals surface area contributed by atoms with E-state index in [-0.39, 0.29) is 17.3 Å². The molecule has 0 amide bonds. The first kappa shape index (κ1) is 14.1. The van der Waals surface area contributed by atoms with Gasteiger partial charge in [0.1, 0.15) is 11.3 Å². The zero-order valence-electron chi connectivity index (χ0n) is 12.8. The number of hydrogen-bond acceptors (Lipinski definition) is 4. The molecule has 2 atom stereocenters. The van der Waals surface area contributed by atoms with Crippen LogP contribution in [0.4, 0.5) is 0 Å². The normalized spacial score (nSPS) is 24.5. The maximum absolute atomic E-state index is 11.3. The second-order valence-electron chi connectivity index (χ2n) is 6.11. The number of ether oxygens (including phenoxy) is 2. The maximum Gasteiger partial charge on any atom is 0.336 e. The number of hydrogen-bond donors (Lipinski definition) is 0. The predicted molar refractivity (Wildman–Crippen MR) is 80.9 cm³/mol. The Morgan fingerprint density at radius 1 is 1.33 bits per heavy atom. The Morgan fingerprint density at radius 3 is 2.71 bits per heavy atom. The van der Waals surface area contributed by atoms with Crippen molar-refractivity contribution < 1.29 is 13.9 Å². The van der Waals surface area contributed by atoms with Crippen LogP contribution in [-0.4, -0.2) is 18.8 Å². The molecule has 1 aromatic carbocycles. The zero-order chi connectivity index (χ0) is 15.2. The Bertz CT molecular complexity index is 731. The number of benzene rings is 1. The molecule has 112 valence electrons. The first-order valence-electron chi connectivity index (χ1n) is 7.22. The Labute approximate surface area is 123 Å². The van der Waals surface area contributed by atoms with Gasteiger partial charge in [-0.3, -0.25) is 0 Å². The summed E-state index contributed by atoms with van der Waals surface area (Å²) in [5.41, 5.74) is 1.22. The van der Waals surface area contributed by atoms with Gasteiger partial charge in [0.25, 0.3) is 0 Å². The van der Waals surface area contributed by atoms with Crippen LogP contribution in [-0.2, 0) is 11.2 Å². The van der Waals surface area contributed by atoms with Crippen molar-refractivity contribution in [3.8, 4) is 5.75 Å². The van der Waals surface area contributed by atoms with Crippen molar-refractivity contribution in [2.75, 3.05) is 7.11 Å². The van der Waals surface area contributed by atoms with E-state index in [1.165, 1.54) is 6.07 Å². The lowest BCUT2D eigenvalue weighted by Crippen LogP contribution is -2.19. The van der Waals surface area contributed by atoms with Crippen molar-refractivity contribution in [3.63, 3.8) is 0 Å². The molecule has 0 N–H and O–H groups in total. The van der Waals surface area contributed by atoms with Crippen LogP contribution in [0.3, 0.4) is 0 Å². The van der Waals surface area contributed by atoms with Gasteiger partial charge in [0.05, 0.1) is 18.8 Å². The number of epoxide rings is 1. The van der Waals surface area contributed by atoms with Gasteiger partial charge in [0, 0.05) is 23.9 Å². The van der Waals surface area contributed by atoms with Gasteiger partial charge in [0.2, 0.25) is 0 Å². The minimum atomic E-state index is -0.352. The molecule has 1 aromatic heterocycles. The van der Waals surface area contributed by atoms with E-state index in [1.807, 2.05) is 6.07 Å². The summed E-state index contributed by atoms with van der Waals surface area (Å²) in [7, 11) is 1.63. The van der Waals surface area contributed by atoms with Gasteiger partial charge in [-0.25, -0.2) is 4.79 Å². The molecule has 1 saturated heterocycles. The Hall–Kier alpha value is -1.81. The highest BCUT2D eigenvalue weighted by Crippen LogP contribution is 2.45. The van der Waals surface area contributed by atoms with Crippen molar-refractivity contribution in [2.45, 2.75) is 38.9 Å². The van der Waals surface area contributed by atoms with E-state index in [4.69, 9.17) is 13.9 Å². The van der Waals surface area contributed by atoms with Crippen LogP contribution in [0.25, 0.3) is 11.0 Å². The summed E-state index contributed by atoms with van der Waals surface area (Å²) in [6, 6.07) is 7.00. The minimum absolute atomic E-state index is 0.0524. The SMILES string of the molecule is COc1cc2oc(=O)ccc2cc1CC1OC1(C)C(C)C. The highest BCUT2D eigenvalue weighted by atomic mass is 16.6. The molecule has 3 rings (SSSR count). The highest BCUT2D eigenvalue weighted by Gasteiger charge is 2.54. The van der Waals surface area contributed by atoms with Gasteiger partial charge < -0.3 is 13.9 Å². The van der Waals surface area contributed by atoms with Crippen LogP contribution in [0.15, 0.2) is 33.5 Å². The Balaban J connectivity index is 1.95. The topological polar surface area (TPSA) is 52.0 Å². The lowest BCUT2D eigenvalue weighted by molar-refractivity contribution is 0.254. The fraction of sp³-hybridized carbons (Fsp3) is 0.471. The van der Waals surface area contributed by atoms with Crippen molar-refractivity contribution >= 4 is 11.0 Å². The second kappa shape index (κ2) is 4.88. The van der Waals surface area contributed by atoms with Crippen LogP contribution in [0.1, 0.15) is 26.3 Å². The van der Waals surface area contributed by atoms with E-state index in [9.17, 15) is 4.79 Å². The molecule has 1 aliphatic heterocycles. The van der Waals surface area contributed by atoms with Crippen LogP contribution in [0.5, 0.6) is 5.75 Å². The van der Waals surface area contributed by atoms with E-state index in [0.29, 0.717) is 11.5 Å². The van der Waals surface area contributed by atoms with Gasteiger partial charge in [-0.15, -0.1) is 0 Å². The van der Waals surface area contributed by atoms with Crippen molar-refractivity contribution in [1.29, 1.82) is 0 Å². The van der Waals surface area contributed by atoms with E-state index in [0.717, 1.165) is 23.1 Å². The van der Waals surface area contributed by atoms with Gasteiger partial charge >= 0.3 is 5.63 Å². The van der Waals surface area contributed by atoms with Gasteiger partial charge in [-0.2, -0.15) is 0 Å². The summed E-state index contributed by atoms with van der Waals surface area (Å²) in [4.78, 5) is 11.3. The van der Waals surface area contributed by atoms with Crippen molar-refractivity contribution in [3.05, 3.63) is 40.2 Å². The third kappa shape index (κ3) is 2.44. The van der Waals surface area contributed by atoms with E-state index < -0.39 is 0 Å².